The van der Waals surface area contributed by atoms with E-state index in [1.165, 1.54) is 16.5 Å². The van der Waals surface area contributed by atoms with Gasteiger partial charge in [0.25, 0.3) is 5.91 Å². The van der Waals surface area contributed by atoms with Crippen LogP contribution in [0.1, 0.15) is 29.2 Å². The molecule has 0 bridgehead atoms. The van der Waals surface area contributed by atoms with Gasteiger partial charge in [-0.05, 0) is 36.2 Å². The summed E-state index contributed by atoms with van der Waals surface area (Å²) in [7, 11) is 2.04. The fourth-order valence-electron chi connectivity index (χ4n) is 4.23. The standard InChI is InChI=1S/C27H24BrN3OS/c1-18-7-9-20(10-8-18)25-15-23(19-11-13-21(28)14-12-19)29-31(25)27(32)17-33-26-16-30(2)24-6-4-3-5-22(24)26/h3-14,16,25H,15,17H2,1-2H3/t25-/m1/s1. The summed E-state index contributed by atoms with van der Waals surface area (Å²) in [4.78, 5) is 14.5. The van der Waals surface area contributed by atoms with E-state index in [9.17, 15) is 4.79 Å². The lowest BCUT2D eigenvalue weighted by molar-refractivity contribution is -0.130. The minimum atomic E-state index is -0.0927. The van der Waals surface area contributed by atoms with Gasteiger partial charge in [0.2, 0.25) is 0 Å². The molecule has 0 spiro atoms. The number of aromatic nitrogens is 1. The largest absolute Gasteiger partial charge is 0.349 e. The smallest absolute Gasteiger partial charge is 0.253 e. The van der Waals surface area contributed by atoms with E-state index in [0.29, 0.717) is 12.2 Å². The SMILES string of the molecule is Cc1ccc([C@H]2CC(c3ccc(Br)cc3)=NN2C(=O)CSc2cn(C)c3ccccc23)cc1. The average molecular weight is 518 g/mol. The predicted octanol–water partition coefficient (Wildman–Crippen LogP) is 6.72. The second kappa shape index (κ2) is 9.20. The maximum atomic E-state index is 13.4. The minimum Gasteiger partial charge on any atom is -0.349 e. The lowest BCUT2D eigenvalue weighted by Gasteiger charge is -2.22. The molecule has 1 amide bonds. The van der Waals surface area contributed by atoms with Crippen molar-refractivity contribution in [3.05, 3.63) is 100 Å². The first-order valence-electron chi connectivity index (χ1n) is 10.9. The van der Waals surface area contributed by atoms with E-state index in [0.717, 1.165) is 26.2 Å². The van der Waals surface area contributed by atoms with Crippen LogP contribution in [0.4, 0.5) is 0 Å². The second-order valence-electron chi connectivity index (χ2n) is 8.33. The molecule has 1 aliphatic heterocycles. The van der Waals surface area contributed by atoms with E-state index in [1.54, 1.807) is 16.8 Å². The summed E-state index contributed by atoms with van der Waals surface area (Å²) >= 11 is 5.07. The van der Waals surface area contributed by atoms with Crippen molar-refractivity contribution in [1.82, 2.24) is 9.58 Å². The number of halogens is 1. The Bertz CT molecular complexity index is 1340. The lowest BCUT2D eigenvalue weighted by atomic mass is 9.98. The molecular weight excluding hydrogens is 494 g/mol. The molecule has 1 atom stereocenters. The van der Waals surface area contributed by atoms with Gasteiger partial charge >= 0.3 is 0 Å². The Balaban J connectivity index is 1.41. The van der Waals surface area contributed by atoms with Crippen LogP contribution in [0.3, 0.4) is 0 Å². The molecule has 0 N–H and O–H groups in total. The first kappa shape index (κ1) is 22.0. The Hall–Kier alpha value is -2.83. The Morgan fingerprint density at radius 1 is 1.06 bits per heavy atom. The molecule has 166 valence electrons. The summed E-state index contributed by atoms with van der Waals surface area (Å²) in [5.41, 5.74) is 5.47. The van der Waals surface area contributed by atoms with Crippen LogP contribution in [0.25, 0.3) is 10.9 Å². The molecule has 33 heavy (non-hydrogen) atoms. The summed E-state index contributed by atoms with van der Waals surface area (Å²) in [6.45, 7) is 2.08. The fourth-order valence-corrected chi connectivity index (χ4v) is 5.47. The molecular formula is C27H24BrN3OS. The van der Waals surface area contributed by atoms with Crippen LogP contribution >= 0.6 is 27.7 Å². The number of rotatable bonds is 5. The van der Waals surface area contributed by atoms with Crippen molar-refractivity contribution >= 4 is 50.2 Å². The summed E-state index contributed by atoms with van der Waals surface area (Å²) in [6, 6.07) is 24.7. The molecule has 0 radical (unpaired) electrons. The Morgan fingerprint density at radius 3 is 2.55 bits per heavy atom. The molecule has 0 fully saturated rings. The van der Waals surface area contributed by atoms with Crippen molar-refractivity contribution in [2.45, 2.75) is 24.3 Å². The first-order chi connectivity index (χ1) is 16.0. The van der Waals surface area contributed by atoms with E-state index in [-0.39, 0.29) is 11.9 Å². The number of hydrazone groups is 1. The van der Waals surface area contributed by atoms with Crippen LogP contribution in [-0.4, -0.2) is 26.9 Å². The van der Waals surface area contributed by atoms with Gasteiger partial charge in [-0.15, -0.1) is 11.8 Å². The number of amides is 1. The molecule has 3 aromatic carbocycles. The first-order valence-corrected chi connectivity index (χ1v) is 12.7. The number of hydrogen-bond acceptors (Lipinski definition) is 3. The van der Waals surface area contributed by atoms with Crippen molar-refractivity contribution in [2.24, 2.45) is 12.1 Å². The van der Waals surface area contributed by atoms with Crippen molar-refractivity contribution in [2.75, 3.05) is 5.75 Å². The number of nitrogens with zero attached hydrogens (tertiary/aromatic N) is 3. The van der Waals surface area contributed by atoms with Crippen LogP contribution in [0.5, 0.6) is 0 Å². The number of thioether (sulfide) groups is 1. The zero-order valence-electron chi connectivity index (χ0n) is 18.5. The van der Waals surface area contributed by atoms with Crippen LogP contribution in [0, 0.1) is 6.92 Å². The van der Waals surface area contributed by atoms with Gasteiger partial charge < -0.3 is 4.57 Å². The van der Waals surface area contributed by atoms with Crippen molar-refractivity contribution < 1.29 is 4.79 Å². The molecule has 1 aliphatic rings. The summed E-state index contributed by atoms with van der Waals surface area (Å²) in [5, 5.41) is 7.68. The summed E-state index contributed by atoms with van der Waals surface area (Å²) in [5.74, 6) is 0.360. The third-order valence-electron chi connectivity index (χ3n) is 6.02. The molecule has 4 nitrogen and oxygen atoms in total. The van der Waals surface area contributed by atoms with E-state index < -0.39 is 0 Å². The van der Waals surface area contributed by atoms with Gasteiger partial charge in [-0.2, -0.15) is 5.10 Å². The van der Waals surface area contributed by atoms with Crippen molar-refractivity contribution in [3.8, 4) is 0 Å². The highest BCUT2D eigenvalue weighted by Crippen LogP contribution is 2.35. The number of benzene rings is 3. The van der Waals surface area contributed by atoms with Crippen LogP contribution in [0.2, 0.25) is 0 Å². The molecule has 0 saturated carbocycles. The quantitative estimate of drug-likeness (QED) is 0.275. The molecule has 1 aromatic heterocycles. The maximum absolute atomic E-state index is 13.4. The number of para-hydroxylation sites is 1. The van der Waals surface area contributed by atoms with Gasteiger partial charge in [-0.1, -0.05) is 76.1 Å². The molecule has 4 aromatic rings. The molecule has 5 rings (SSSR count). The summed E-state index contributed by atoms with van der Waals surface area (Å²) in [6.07, 6.45) is 2.80. The third kappa shape index (κ3) is 4.50. The molecule has 0 unspecified atom stereocenters. The number of fused-ring (bicyclic) bond motifs is 1. The highest BCUT2D eigenvalue weighted by atomic mass is 79.9. The highest BCUT2D eigenvalue weighted by Gasteiger charge is 2.33. The van der Waals surface area contributed by atoms with Gasteiger partial charge in [0.05, 0.1) is 17.5 Å². The predicted molar refractivity (Wildman–Crippen MR) is 140 cm³/mol. The minimum absolute atomic E-state index is 0.0191. The molecule has 0 saturated heterocycles. The fraction of sp³-hybridized carbons (Fsp3) is 0.185. The van der Waals surface area contributed by atoms with Crippen LogP contribution in [0.15, 0.2) is 93.5 Å². The van der Waals surface area contributed by atoms with E-state index >= 15 is 0 Å². The Labute approximate surface area is 206 Å². The van der Waals surface area contributed by atoms with E-state index in [4.69, 9.17) is 5.10 Å². The molecule has 2 heterocycles. The van der Waals surface area contributed by atoms with Crippen LogP contribution in [-0.2, 0) is 11.8 Å². The highest BCUT2D eigenvalue weighted by molar-refractivity contribution is 9.10. The maximum Gasteiger partial charge on any atom is 0.253 e. The normalized spacial score (nSPS) is 15.8. The van der Waals surface area contributed by atoms with E-state index in [2.05, 4.69) is 70.0 Å². The Kier molecular flexibility index (Phi) is 6.13. The topological polar surface area (TPSA) is 37.6 Å². The molecule has 6 heteroatoms. The number of carbonyl (C=O) groups is 1. The van der Waals surface area contributed by atoms with Gasteiger partial charge in [-0.25, -0.2) is 5.01 Å². The zero-order chi connectivity index (χ0) is 22.9. The van der Waals surface area contributed by atoms with E-state index in [1.807, 2.05) is 43.4 Å². The third-order valence-corrected chi connectivity index (χ3v) is 7.57. The van der Waals surface area contributed by atoms with Gasteiger partial charge in [0, 0.05) is 39.9 Å². The van der Waals surface area contributed by atoms with Crippen molar-refractivity contribution in [3.63, 3.8) is 0 Å². The number of aryl methyl sites for hydroxylation is 2. The summed E-state index contributed by atoms with van der Waals surface area (Å²) < 4.78 is 3.14. The lowest BCUT2D eigenvalue weighted by Crippen LogP contribution is -2.28. The average Bonchev–Trinajstić information content (AvgIpc) is 3.41. The van der Waals surface area contributed by atoms with Gasteiger partial charge in [0.1, 0.15) is 0 Å². The second-order valence-corrected chi connectivity index (χ2v) is 10.3. The number of carbonyl (C=O) groups excluding carboxylic acids is 1. The van der Waals surface area contributed by atoms with Crippen molar-refractivity contribution in [1.29, 1.82) is 0 Å². The van der Waals surface area contributed by atoms with Gasteiger partial charge in [-0.3, -0.25) is 4.79 Å². The molecule has 0 aliphatic carbocycles. The Morgan fingerprint density at radius 2 is 1.79 bits per heavy atom. The number of hydrogen-bond donors (Lipinski definition) is 0. The zero-order valence-corrected chi connectivity index (χ0v) is 20.9. The van der Waals surface area contributed by atoms with Gasteiger partial charge in [0.15, 0.2) is 0 Å². The monoisotopic (exact) mass is 517 g/mol. The van der Waals surface area contributed by atoms with Crippen LogP contribution < -0.4 is 0 Å².